The fourth-order valence-electron chi connectivity index (χ4n) is 3.48. The van der Waals surface area contributed by atoms with Crippen LogP contribution in [-0.4, -0.2) is 39.1 Å². The number of sulfone groups is 1. The number of ether oxygens (including phenoxy) is 1. The maximum atomic E-state index is 13.1. The molecule has 37 heavy (non-hydrogen) atoms. The molecular formula is C24H18F3N3O6S. The molecule has 0 atom stereocenters. The third-order valence-electron chi connectivity index (χ3n) is 5.40. The molecule has 0 aliphatic carbocycles. The molecule has 0 saturated carbocycles. The van der Waals surface area contributed by atoms with Crippen molar-refractivity contribution < 1.29 is 36.2 Å². The van der Waals surface area contributed by atoms with Gasteiger partial charge in [0.15, 0.2) is 0 Å². The molecule has 13 heteroatoms. The van der Waals surface area contributed by atoms with Crippen molar-refractivity contribution in [3.8, 4) is 17.3 Å². The Hall–Kier alpha value is -4.39. The summed E-state index contributed by atoms with van der Waals surface area (Å²) in [7, 11) is -5.57. The third kappa shape index (κ3) is 4.98. The summed E-state index contributed by atoms with van der Waals surface area (Å²) < 4.78 is 68.8. The monoisotopic (exact) mass is 533 g/mol. The molecule has 1 N–H and O–H groups in total. The molecule has 192 valence electrons. The van der Waals surface area contributed by atoms with E-state index in [1.165, 1.54) is 23.8 Å². The summed E-state index contributed by atoms with van der Waals surface area (Å²) in [5.74, 6) is -0.886. The van der Waals surface area contributed by atoms with Gasteiger partial charge in [0.1, 0.15) is 11.4 Å². The predicted molar refractivity (Wildman–Crippen MR) is 124 cm³/mol. The number of aromatic hydroxyl groups is 1. The first-order valence-corrected chi connectivity index (χ1v) is 12.0. The van der Waals surface area contributed by atoms with E-state index in [9.17, 15) is 36.3 Å². The second-order valence-corrected chi connectivity index (χ2v) is 9.75. The van der Waals surface area contributed by atoms with E-state index in [1.54, 1.807) is 36.4 Å². The van der Waals surface area contributed by atoms with E-state index in [-0.39, 0.29) is 23.6 Å². The van der Waals surface area contributed by atoms with Crippen LogP contribution in [0, 0.1) is 6.92 Å². The molecule has 9 nitrogen and oxygen atoms in total. The van der Waals surface area contributed by atoms with Crippen LogP contribution < -0.4 is 10.4 Å². The van der Waals surface area contributed by atoms with Crippen LogP contribution in [0.15, 0.2) is 82.6 Å². The third-order valence-corrected chi connectivity index (χ3v) is 6.90. The summed E-state index contributed by atoms with van der Waals surface area (Å²) in [5, 5.41) is 10.6. The number of hydrogen-bond acceptors (Lipinski definition) is 7. The number of carbonyl (C=O) groups is 1. The number of benzene rings is 2. The predicted octanol–water partition coefficient (Wildman–Crippen LogP) is 3.61. The molecule has 0 aliphatic heterocycles. The zero-order valence-corrected chi connectivity index (χ0v) is 19.8. The number of carbonyl (C=O) groups excluding carboxylic acids is 1. The highest BCUT2D eigenvalue weighted by atomic mass is 32.2. The van der Waals surface area contributed by atoms with E-state index < -0.39 is 37.8 Å². The summed E-state index contributed by atoms with van der Waals surface area (Å²) in [6, 6.07) is 14.7. The standard InChI is InChI=1S/C24H18F3N3O6S/c1-15-21(31)30(17-7-9-19(10-8-17)37(34,35)24(25,26)27)23(33)29(15)14-16-11-12-28-20(13-16)22(32)36-18-5-3-2-4-6-18/h2-13,31H,14H2,1H3. The maximum Gasteiger partial charge on any atom is 0.501 e. The van der Waals surface area contributed by atoms with Crippen molar-refractivity contribution in [2.24, 2.45) is 0 Å². The number of rotatable bonds is 6. The van der Waals surface area contributed by atoms with E-state index in [0.717, 1.165) is 16.7 Å². The molecule has 0 amide bonds. The molecule has 0 unspecified atom stereocenters. The van der Waals surface area contributed by atoms with Gasteiger partial charge in [-0.2, -0.15) is 13.2 Å². The maximum absolute atomic E-state index is 13.1. The van der Waals surface area contributed by atoms with Crippen molar-refractivity contribution in [2.75, 3.05) is 0 Å². The van der Waals surface area contributed by atoms with Crippen LogP contribution in [0.3, 0.4) is 0 Å². The highest BCUT2D eigenvalue weighted by molar-refractivity contribution is 7.92. The van der Waals surface area contributed by atoms with Gasteiger partial charge in [-0.25, -0.2) is 27.6 Å². The summed E-state index contributed by atoms with van der Waals surface area (Å²) >= 11 is 0. The number of imidazole rings is 1. The van der Waals surface area contributed by atoms with Gasteiger partial charge in [0.05, 0.1) is 22.8 Å². The lowest BCUT2D eigenvalue weighted by Gasteiger charge is -2.09. The molecule has 2 aromatic heterocycles. The van der Waals surface area contributed by atoms with Crippen molar-refractivity contribution in [3.05, 3.63) is 100 Å². The van der Waals surface area contributed by atoms with E-state index >= 15 is 0 Å². The van der Waals surface area contributed by atoms with Gasteiger partial charge in [0, 0.05) is 6.20 Å². The average Bonchev–Trinajstić information content (AvgIpc) is 3.07. The Kier molecular flexibility index (Phi) is 6.65. The van der Waals surface area contributed by atoms with Gasteiger partial charge in [-0.1, -0.05) is 18.2 Å². The average molecular weight is 533 g/mol. The second kappa shape index (κ2) is 9.58. The molecule has 2 heterocycles. The summed E-state index contributed by atoms with van der Waals surface area (Å²) in [6.45, 7) is 1.36. The summed E-state index contributed by atoms with van der Waals surface area (Å²) in [6.07, 6.45) is 1.36. The Morgan fingerprint density at radius 3 is 2.32 bits per heavy atom. The lowest BCUT2D eigenvalue weighted by Crippen LogP contribution is -2.25. The summed E-state index contributed by atoms with van der Waals surface area (Å²) in [5.41, 5.74) is -5.69. The Balaban J connectivity index is 1.62. The number of esters is 1. The van der Waals surface area contributed by atoms with E-state index in [0.29, 0.717) is 23.4 Å². The van der Waals surface area contributed by atoms with E-state index in [1.807, 2.05) is 0 Å². The first kappa shape index (κ1) is 25.7. The minimum absolute atomic E-state index is 0.0165. The molecule has 0 saturated heterocycles. The van der Waals surface area contributed by atoms with Crippen molar-refractivity contribution in [2.45, 2.75) is 23.9 Å². The minimum Gasteiger partial charge on any atom is -0.493 e. The fourth-order valence-corrected chi connectivity index (χ4v) is 4.24. The first-order valence-electron chi connectivity index (χ1n) is 10.5. The highest BCUT2D eigenvalue weighted by Gasteiger charge is 2.46. The largest absolute Gasteiger partial charge is 0.501 e. The minimum atomic E-state index is -5.57. The molecule has 0 aliphatic rings. The molecule has 4 aromatic rings. The fraction of sp³-hybridized carbons (Fsp3) is 0.125. The van der Waals surface area contributed by atoms with Gasteiger partial charge in [-0.05, 0) is 61.0 Å². The van der Waals surface area contributed by atoms with Crippen molar-refractivity contribution >= 4 is 15.8 Å². The SMILES string of the molecule is Cc1c(O)n(-c2ccc(S(=O)(=O)C(F)(F)F)cc2)c(=O)n1Cc1ccnc(C(=O)Oc2ccccc2)c1. The second-order valence-electron chi connectivity index (χ2n) is 7.81. The normalized spacial score (nSPS) is 11.9. The van der Waals surface area contributed by atoms with E-state index in [2.05, 4.69) is 4.98 Å². The van der Waals surface area contributed by atoms with Crippen LogP contribution in [0.25, 0.3) is 5.69 Å². The van der Waals surface area contributed by atoms with Gasteiger partial charge in [0.2, 0.25) is 5.88 Å². The number of para-hydroxylation sites is 1. The van der Waals surface area contributed by atoms with E-state index in [4.69, 9.17) is 4.74 Å². The van der Waals surface area contributed by atoms with Crippen LogP contribution in [0.5, 0.6) is 11.6 Å². The number of alkyl halides is 3. The molecule has 4 rings (SSSR count). The number of pyridine rings is 1. The van der Waals surface area contributed by atoms with Crippen molar-refractivity contribution in [1.29, 1.82) is 0 Å². The topological polar surface area (TPSA) is 120 Å². The lowest BCUT2D eigenvalue weighted by atomic mass is 10.2. The Bertz CT molecular complexity index is 1630. The number of halogens is 3. The molecule has 0 spiro atoms. The molecular weight excluding hydrogens is 515 g/mol. The summed E-state index contributed by atoms with van der Waals surface area (Å²) in [4.78, 5) is 28.5. The smallest absolute Gasteiger partial charge is 0.493 e. The molecule has 0 radical (unpaired) electrons. The number of aromatic nitrogens is 3. The zero-order chi connectivity index (χ0) is 27.0. The Morgan fingerprint density at radius 1 is 1.05 bits per heavy atom. The first-order chi connectivity index (χ1) is 17.4. The quantitative estimate of drug-likeness (QED) is 0.297. The van der Waals surface area contributed by atoms with Gasteiger partial charge in [0.25, 0.3) is 9.84 Å². The Morgan fingerprint density at radius 2 is 1.70 bits per heavy atom. The van der Waals surface area contributed by atoms with Gasteiger partial charge >= 0.3 is 17.2 Å². The van der Waals surface area contributed by atoms with Crippen LogP contribution >= 0.6 is 0 Å². The molecule has 0 bridgehead atoms. The Labute approximate surface area is 207 Å². The molecule has 2 aromatic carbocycles. The van der Waals surface area contributed by atoms with Gasteiger partial charge in [-0.3, -0.25) is 4.57 Å². The van der Waals surface area contributed by atoms with Crippen molar-refractivity contribution in [3.63, 3.8) is 0 Å². The van der Waals surface area contributed by atoms with Crippen LogP contribution in [0.4, 0.5) is 13.2 Å². The highest BCUT2D eigenvalue weighted by Crippen LogP contribution is 2.31. The lowest BCUT2D eigenvalue weighted by molar-refractivity contribution is -0.0436. The van der Waals surface area contributed by atoms with Crippen LogP contribution in [-0.2, 0) is 16.4 Å². The molecule has 0 fully saturated rings. The van der Waals surface area contributed by atoms with Gasteiger partial charge < -0.3 is 9.84 Å². The van der Waals surface area contributed by atoms with Crippen LogP contribution in [0.2, 0.25) is 0 Å². The van der Waals surface area contributed by atoms with Crippen molar-refractivity contribution in [1.82, 2.24) is 14.1 Å². The number of hydrogen-bond donors (Lipinski definition) is 1. The zero-order valence-electron chi connectivity index (χ0n) is 19.0. The number of nitrogens with zero attached hydrogens (tertiary/aromatic N) is 3. The van der Waals surface area contributed by atoms with Gasteiger partial charge in [-0.15, -0.1) is 0 Å². The van der Waals surface area contributed by atoms with Crippen LogP contribution in [0.1, 0.15) is 21.7 Å².